The van der Waals surface area contributed by atoms with Crippen LogP contribution in [0.2, 0.25) is 0 Å². The zero-order valence-corrected chi connectivity index (χ0v) is 15.6. The van der Waals surface area contributed by atoms with Gasteiger partial charge in [-0.15, -0.1) is 11.3 Å². The number of fused-ring (bicyclic) bond motifs is 1. The van der Waals surface area contributed by atoms with E-state index in [4.69, 9.17) is 4.98 Å². The maximum atomic E-state index is 10.5. The average Bonchev–Trinajstić information content (AvgIpc) is 3.18. The SMILES string of the molecule is CN(Cc1nc2c(s1)CCCC2)[C@H]1CN(Cc2ccccn2)C[C@@H]1O. The number of likely N-dealkylation sites (N-methyl/N-ethyl adjacent to an activating group) is 1. The lowest BCUT2D eigenvalue weighted by Gasteiger charge is -2.25. The molecule has 0 amide bonds. The zero-order chi connectivity index (χ0) is 17.2. The molecule has 1 saturated heterocycles. The third kappa shape index (κ3) is 3.92. The van der Waals surface area contributed by atoms with Gasteiger partial charge >= 0.3 is 0 Å². The van der Waals surface area contributed by atoms with E-state index in [9.17, 15) is 5.11 Å². The Morgan fingerprint density at radius 3 is 2.96 bits per heavy atom. The van der Waals surface area contributed by atoms with Gasteiger partial charge in [-0.3, -0.25) is 14.8 Å². The highest BCUT2D eigenvalue weighted by molar-refractivity contribution is 7.11. The molecule has 2 aromatic heterocycles. The zero-order valence-electron chi connectivity index (χ0n) is 14.8. The quantitative estimate of drug-likeness (QED) is 0.887. The van der Waals surface area contributed by atoms with Gasteiger partial charge in [0.1, 0.15) is 5.01 Å². The molecule has 25 heavy (non-hydrogen) atoms. The number of aryl methyl sites for hydroxylation is 2. The van der Waals surface area contributed by atoms with Crippen molar-refractivity contribution in [2.24, 2.45) is 0 Å². The number of hydrogen-bond acceptors (Lipinski definition) is 6. The predicted octanol–water partition coefficient (Wildman–Crippen LogP) is 2.09. The van der Waals surface area contributed by atoms with Crippen molar-refractivity contribution in [3.63, 3.8) is 0 Å². The predicted molar refractivity (Wildman–Crippen MR) is 99.5 cm³/mol. The van der Waals surface area contributed by atoms with Crippen molar-refractivity contribution in [1.82, 2.24) is 19.8 Å². The highest BCUT2D eigenvalue weighted by atomic mass is 32.1. The van der Waals surface area contributed by atoms with Crippen molar-refractivity contribution >= 4 is 11.3 Å². The molecule has 1 aliphatic heterocycles. The molecule has 0 bridgehead atoms. The number of aliphatic hydroxyl groups is 1. The van der Waals surface area contributed by atoms with Crippen molar-refractivity contribution in [3.05, 3.63) is 45.7 Å². The maximum Gasteiger partial charge on any atom is 0.107 e. The van der Waals surface area contributed by atoms with Crippen LogP contribution in [0.15, 0.2) is 24.4 Å². The summed E-state index contributed by atoms with van der Waals surface area (Å²) >= 11 is 1.87. The fourth-order valence-corrected chi connectivity index (χ4v) is 5.15. The van der Waals surface area contributed by atoms with Gasteiger partial charge in [-0.1, -0.05) is 6.07 Å². The van der Waals surface area contributed by atoms with Crippen LogP contribution in [0.3, 0.4) is 0 Å². The van der Waals surface area contributed by atoms with Crippen molar-refractivity contribution in [2.75, 3.05) is 20.1 Å². The highest BCUT2D eigenvalue weighted by Crippen LogP contribution is 2.28. The lowest BCUT2D eigenvalue weighted by molar-refractivity contribution is 0.0948. The standard InChI is InChI=1S/C19H26N4OS/c1-22(13-19-21-15-7-2-3-8-18(15)25-19)16-11-23(12-17(16)24)10-14-6-4-5-9-20-14/h4-6,9,16-17,24H,2-3,7-8,10-13H2,1H3/t16-,17-/m0/s1. The van der Waals surface area contributed by atoms with Gasteiger partial charge in [-0.2, -0.15) is 0 Å². The van der Waals surface area contributed by atoms with Crippen molar-refractivity contribution in [2.45, 2.75) is 50.9 Å². The first-order valence-electron chi connectivity index (χ1n) is 9.17. The third-order valence-electron chi connectivity index (χ3n) is 5.29. The summed E-state index contributed by atoms with van der Waals surface area (Å²) in [6.45, 7) is 3.21. The molecule has 0 unspecified atom stereocenters. The molecule has 1 N–H and O–H groups in total. The normalized spacial score (nSPS) is 24.0. The number of pyridine rings is 1. The first-order valence-corrected chi connectivity index (χ1v) is 9.99. The Bertz CT molecular complexity index is 681. The van der Waals surface area contributed by atoms with Gasteiger partial charge in [0.25, 0.3) is 0 Å². The molecule has 0 spiro atoms. The smallest absolute Gasteiger partial charge is 0.107 e. The number of aromatic nitrogens is 2. The minimum absolute atomic E-state index is 0.157. The number of hydrogen-bond donors (Lipinski definition) is 1. The van der Waals surface area contributed by atoms with Gasteiger partial charge in [0.2, 0.25) is 0 Å². The van der Waals surface area contributed by atoms with E-state index >= 15 is 0 Å². The van der Waals surface area contributed by atoms with Crippen molar-refractivity contribution in [1.29, 1.82) is 0 Å². The van der Waals surface area contributed by atoms with Crippen molar-refractivity contribution < 1.29 is 5.11 Å². The van der Waals surface area contributed by atoms with Gasteiger partial charge in [-0.25, -0.2) is 4.98 Å². The highest BCUT2D eigenvalue weighted by Gasteiger charge is 2.34. The van der Waals surface area contributed by atoms with Gasteiger partial charge < -0.3 is 5.11 Å². The van der Waals surface area contributed by atoms with E-state index < -0.39 is 0 Å². The molecule has 0 saturated carbocycles. The van der Waals surface area contributed by atoms with E-state index in [2.05, 4.69) is 21.8 Å². The van der Waals surface area contributed by atoms with Crippen LogP contribution in [-0.4, -0.2) is 57.2 Å². The van der Waals surface area contributed by atoms with Gasteiger partial charge in [-0.05, 0) is 44.9 Å². The van der Waals surface area contributed by atoms with E-state index in [-0.39, 0.29) is 12.1 Å². The first kappa shape index (κ1) is 17.1. The van der Waals surface area contributed by atoms with E-state index in [1.54, 1.807) is 0 Å². The molecular formula is C19H26N4OS. The second-order valence-electron chi connectivity index (χ2n) is 7.25. The van der Waals surface area contributed by atoms with Gasteiger partial charge in [0.05, 0.1) is 24.0 Å². The minimum atomic E-state index is -0.316. The Labute approximate surface area is 153 Å². The Morgan fingerprint density at radius 1 is 1.28 bits per heavy atom. The Kier molecular flexibility index (Phi) is 5.12. The Hall–Kier alpha value is -1.34. The van der Waals surface area contributed by atoms with Crippen LogP contribution >= 0.6 is 11.3 Å². The third-order valence-corrected chi connectivity index (χ3v) is 6.43. The molecule has 1 aliphatic carbocycles. The summed E-state index contributed by atoms with van der Waals surface area (Å²) in [5.41, 5.74) is 2.38. The summed E-state index contributed by atoms with van der Waals surface area (Å²) in [7, 11) is 2.11. The van der Waals surface area contributed by atoms with E-state index in [0.717, 1.165) is 31.7 Å². The fraction of sp³-hybridized carbons (Fsp3) is 0.579. The molecule has 0 radical (unpaired) electrons. The fourth-order valence-electron chi connectivity index (χ4n) is 3.93. The molecule has 134 valence electrons. The second-order valence-corrected chi connectivity index (χ2v) is 8.42. The summed E-state index contributed by atoms with van der Waals surface area (Å²) in [4.78, 5) is 15.3. The number of rotatable bonds is 5. The maximum absolute atomic E-state index is 10.5. The van der Waals surface area contributed by atoms with Crippen LogP contribution in [0.25, 0.3) is 0 Å². The number of aliphatic hydroxyl groups excluding tert-OH is 1. The first-order chi connectivity index (χ1) is 12.2. The molecule has 2 aliphatic rings. The summed E-state index contributed by atoms with van der Waals surface area (Å²) in [6, 6.07) is 6.16. The van der Waals surface area contributed by atoms with E-state index in [1.807, 2.05) is 35.7 Å². The van der Waals surface area contributed by atoms with Gasteiger partial charge in [0.15, 0.2) is 0 Å². The molecule has 2 atom stereocenters. The molecular weight excluding hydrogens is 332 g/mol. The van der Waals surface area contributed by atoms with Crippen LogP contribution < -0.4 is 0 Å². The summed E-state index contributed by atoms with van der Waals surface area (Å²) in [5.74, 6) is 0. The van der Waals surface area contributed by atoms with E-state index in [1.165, 1.54) is 34.8 Å². The molecule has 1 fully saturated rings. The summed E-state index contributed by atoms with van der Waals surface area (Å²) in [6.07, 6.45) is 6.42. The molecule has 3 heterocycles. The monoisotopic (exact) mass is 358 g/mol. The molecule has 0 aromatic carbocycles. The Morgan fingerprint density at radius 2 is 2.16 bits per heavy atom. The number of likely N-dealkylation sites (tertiary alicyclic amines) is 1. The number of nitrogens with zero attached hydrogens (tertiary/aromatic N) is 4. The second kappa shape index (κ2) is 7.50. The van der Waals surface area contributed by atoms with Gasteiger partial charge in [0, 0.05) is 36.8 Å². The van der Waals surface area contributed by atoms with Crippen LogP contribution in [0.1, 0.15) is 34.1 Å². The number of thiazole rings is 1. The summed E-state index contributed by atoms with van der Waals surface area (Å²) in [5, 5.41) is 11.7. The number of β-amino-alcohol motifs (C(OH)–C–C–N with tert-alkyl or cyclic N) is 1. The van der Waals surface area contributed by atoms with Crippen molar-refractivity contribution in [3.8, 4) is 0 Å². The summed E-state index contributed by atoms with van der Waals surface area (Å²) < 4.78 is 0. The Balaban J connectivity index is 1.37. The van der Waals surface area contributed by atoms with Crippen LogP contribution in [0.4, 0.5) is 0 Å². The largest absolute Gasteiger partial charge is 0.390 e. The van der Waals surface area contributed by atoms with Crippen LogP contribution in [-0.2, 0) is 25.9 Å². The molecule has 2 aromatic rings. The molecule has 6 heteroatoms. The van der Waals surface area contributed by atoms with E-state index in [0.29, 0.717) is 6.54 Å². The van der Waals surface area contributed by atoms with Crippen LogP contribution in [0.5, 0.6) is 0 Å². The lowest BCUT2D eigenvalue weighted by Crippen LogP contribution is -2.40. The average molecular weight is 359 g/mol. The topological polar surface area (TPSA) is 52.5 Å². The molecule has 4 rings (SSSR count). The minimum Gasteiger partial charge on any atom is -0.390 e. The molecule has 5 nitrogen and oxygen atoms in total. The van der Waals surface area contributed by atoms with Crippen LogP contribution in [0, 0.1) is 0 Å². The lowest BCUT2D eigenvalue weighted by atomic mass is 10.0.